The Labute approximate surface area is 344 Å². The van der Waals surface area contributed by atoms with Crippen LogP contribution in [-0.4, -0.2) is 86.0 Å². The van der Waals surface area contributed by atoms with Crippen molar-refractivity contribution in [2.75, 3.05) is 19.0 Å². The fraction of sp³-hybridized carbons (Fsp3) is 0.419. The number of nitrogens with zero attached hydrogens (tertiary/aromatic N) is 1. The summed E-state index contributed by atoms with van der Waals surface area (Å²) in [5, 5.41) is 40.5. The number of carboxylic acid groups (broad SMARTS) is 1. The highest BCUT2D eigenvalue weighted by molar-refractivity contribution is 8.77. The van der Waals surface area contributed by atoms with Crippen molar-refractivity contribution < 1.29 is 39.0 Å². The van der Waals surface area contributed by atoms with E-state index in [1.54, 1.807) is 26.0 Å². The number of carbonyl (C=O) groups is 4. The van der Waals surface area contributed by atoms with Gasteiger partial charge in [-0.05, 0) is 58.8 Å². The van der Waals surface area contributed by atoms with Crippen molar-refractivity contribution in [1.29, 1.82) is 0 Å². The molecule has 0 radical (unpaired) electrons. The van der Waals surface area contributed by atoms with Crippen LogP contribution in [-0.2, 0) is 14.4 Å². The quantitative estimate of drug-likeness (QED) is 0.0379. The van der Waals surface area contributed by atoms with Crippen LogP contribution in [0.3, 0.4) is 0 Å². The van der Waals surface area contributed by atoms with Gasteiger partial charge in [-0.25, -0.2) is 4.79 Å². The van der Waals surface area contributed by atoms with Gasteiger partial charge in [0.1, 0.15) is 12.1 Å². The van der Waals surface area contributed by atoms with Crippen LogP contribution in [0.4, 0.5) is 0 Å². The maximum atomic E-state index is 13.4. The average Bonchev–Trinajstić information content (AvgIpc) is 3.70. The SMILES string of the molecule is CC/C=C\C/C=C\C/C=C\C/C=C\C/C=C\C/C=C\CCC(=O)N[C@@H](CSSC(C)(C)[C@H](NC(=O)c1cc(-c2ccccc2)on1)C(=O)NC(CO)CO)C(=O)O. The lowest BCUT2D eigenvalue weighted by molar-refractivity contribution is -0.141. The number of nitrogens with one attached hydrogen (secondary N) is 3. The highest BCUT2D eigenvalue weighted by atomic mass is 33.1. The van der Waals surface area contributed by atoms with E-state index in [-0.39, 0.29) is 17.9 Å². The minimum atomic E-state index is -1.22. The van der Waals surface area contributed by atoms with E-state index in [2.05, 4.69) is 88.8 Å². The second kappa shape index (κ2) is 28.7. The number of carbonyl (C=O) groups excluding carboxylic acids is 3. The van der Waals surface area contributed by atoms with Gasteiger partial charge >= 0.3 is 5.97 Å². The molecule has 0 aliphatic heterocycles. The van der Waals surface area contributed by atoms with Gasteiger partial charge in [0.15, 0.2) is 11.5 Å². The van der Waals surface area contributed by atoms with Gasteiger partial charge in [-0.15, -0.1) is 0 Å². The zero-order valence-corrected chi connectivity index (χ0v) is 34.7. The van der Waals surface area contributed by atoms with E-state index in [0.717, 1.165) is 60.1 Å². The first-order chi connectivity index (χ1) is 27.5. The number of aliphatic hydroxyl groups is 2. The van der Waals surface area contributed by atoms with Gasteiger partial charge in [0, 0.05) is 28.6 Å². The molecule has 2 atom stereocenters. The number of carboxylic acids is 1. The number of hydrogen-bond donors (Lipinski definition) is 6. The van der Waals surface area contributed by atoms with Crippen LogP contribution >= 0.6 is 21.6 Å². The summed E-state index contributed by atoms with van der Waals surface area (Å²) < 4.78 is 4.28. The highest BCUT2D eigenvalue weighted by Gasteiger charge is 2.39. The summed E-state index contributed by atoms with van der Waals surface area (Å²) in [6.45, 7) is 4.42. The Bertz CT molecular complexity index is 1680. The predicted octanol–water partition coefficient (Wildman–Crippen LogP) is 7.12. The fourth-order valence-electron chi connectivity index (χ4n) is 4.91. The van der Waals surface area contributed by atoms with Gasteiger partial charge in [0.25, 0.3) is 5.91 Å². The molecule has 0 bridgehead atoms. The van der Waals surface area contributed by atoms with E-state index in [1.807, 2.05) is 30.4 Å². The van der Waals surface area contributed by atoms with E-state index >= 15 is 0 Å². The zero-order chi connectivity index (χ0) is 41.7. The van der Waals surface area contributed by atoms with Gasteiger partial charge < -0.3 is 35.8 Å². The zero-order valence-electron chi connectivity index (χ0n) is 33.0. The molecule has 0 aliphatic rings. The molecule has 0 aliphatic carbocycles. The van der Waals surface area contributed by atoms with Crippen molar-refractivity contribution >= 4 is 45.3 Å². The summed E-state index contributed by atoms with van der Waals surface area (Å²) in [4.78, 5) is 51.3. The Balaban J connectivity index is 1.82. The number of aromatic nitrogens is 1. The standard InChI is InChI=1S/C43H58N4O8S2/c1-4-5-6-7-8-9-10-11-12-13-14-15-16-17-18-19-20-21-25-28-38(50)45-36(42(53)54)32-56-57-43(2,3)39(41(52)44-34(30-48)31-49)46-40(51)35-29-37(55-47-35)33-26-23-22-24-27-33/h5-6,8-9,11-12,14-15,17-18,20-24,26-27,29,34,36,39,48-49H,4,7,10,13,16,19,25,28,30-32H2,1-3H3,(H,44,52)(H,45,50)(H,46,51)(H,53,54)/b6-5-,9-8-,12-11-,15-14-,18-17-,21-20-/t36-,39+/m0/s1. The molecule has 1 aromatic carbocycles. The first kappa shape index (κ1) is 48.5. The summed E-state index contributed by atoms with van der Waals surface area (Å²) in [5.74, 6) is -2.68. The van der Waals surface area contributed by atoms with Crippen molar-refractivity contribution in [3.05, 3.63) is 115 Å². The molecule has 0 saturated heterocycles. The van der Waals surface area contributed by atoms with Crippen molar-refractivity contribution in [3.8, 4) is 11.3 Å². The average molecular weight is 823 g/mol. The number of allylic oxidation sites excluding steroid dienone is 12. The smallest absolute Gasteiger partial charge is 0.327 e. The molecular formula is C43H58N4O8S2. The molecule has 0 unspecified atom stereocenters. The topological polar surface area (TPSA) is 191 Å². The third-order valence-corrected chi connectivity index (χ3v) is 11.4. The van der Waals surface area contributed by atoms with Crippen molar-refractivity contribution in [3.63, 3.8) is 0 Å². The van der Waals surface area contributed by atoms with E-state index in [1.165, 1.54) is 6.07 Å². The molecule has 6 N–H and O–H groups in total. The van der Waals surface area contributed by atoms with Crippen LogP contribution in [0.25, 0.3) is 11.3 Å². The summed E-state index contributed by atoms with van der Waals surface area (Å²) >= 11 is 0. The lowest BCUT2D eigenvalue weighted by Gasteiger charge is -2.33. The van der Waals surface area contributed by atoms with Crippen LogP contribution < -0.4 is 16.0 Å². The number of aliphatic hydroxyl groups excluding tert-OH is 2. The Morgan fingerprint density at radius 3 is 1.86 bits per heavy atom. The molecule has 0 fully saturated rings. The van der Waals surface area contributed by atoms with Crippen molar-refractivity contribution in [2.45, 2.75) is 95.0 Å². The Hall–Kier alpha value is -4.63. The van der Waals surface area contributed by atoms with E-state index in [4.69, 9.17) is 4.52 Å². The largest absolute Gasteiger partial charge is 0.480 e. The van der Waals surface area contributed by atoms with Gasteiger partial charge in [-0.1, -0.05) is 137 Å². The minimum Gasteiger partial charge on any atom is -0.480 e. The molecule has 0 spiro atoms. The Morgan fingerprint density at radius 1 is 0.789 bits per heavy atom. The second-order valence-corrected chi connectivity index (χ2v) is 16.3. The van der Waals surface area contributed by atoms with Crippen LogP contribution in [0.15, 0.2) is 114 Å². The van der Waals surface area contributed by atoms with Crippen LogP contribution in [0.1, 0.15) is 82.6 Å². The molecule has 12 nitrogen and oxygen atoms in total. The Morgan fingerprint density at radius 2 is 1.33 bits per heavy atom. The number of rotatable bonds is 28. The lowest BCUT2D eigenvalue weighted by atomic mass is 10.0. The summed E-state index contributed by atoms with van der Waals surface area (Å²) in [6.07, 6.45) is 31.3. The van der Waals surface area contributed by atoms with Gasteiger partial charge in [-0.3, -0.25) is 14.4 Å². The van der Waals surface area contributed by atoms with E-state index in [9.17, 15) is 34.5 Å². The van der Waals surface area contributed by atoms with Gasteiger partial charge in [0.05, 0.1) is 19.3 Å². The monoisotopic (exact) mass is 822 g/mol. The number of hydrogen-bond acceptors (Lipinski definition) is 10. The molecular weight excluding hydrogens is 765 g/mol. The maximum absolute atomic E-state index is 13.4. The van der Waals surface area contributed by atoms with Gasteiger partial charge in [0.2, 0.25) is 11.8 Å². The lowest BCUT2D eigenvalue weighted by Crippen LogP contribution is -2.58. The molecule has 2 rings (SSSR count). The molecule has 1 heterocycles. The Kier molecular flexibility index (Phi) is 24.4. The maximum Gasteiger partial charge on any atom is 0.327 e. The number of amides is 3. The first-order valence-electron chi connectivity index (χ1n) is 19.1. The first-order valence-corrected chi connectivity index (χ1v) is 21.4. The third kappa shape index (κ3) is 20.4. The normalized spacial score (nSPS) is 13.5. The summed E-state index contributed by atoms with van der Waals surface area (Å²) in [5.41, 5.74) is 0.631. The van der Waals surface area contributed by atoms with Crippen molar-refractivity contribution in [1.82, 2.24) is 21.1 Å². The van der Waals surface area contributed by atoms with Crippen molar-refractivity contribution in [2.24, 2.45) is 0 Å². The molecule has 57 heavy (non-hydrogen) atoms. The van der Waals surface area contributed by atoms with Crippen LogP contribution in [0.2, 0.25) is 0 Å². The highest BCUT2D eigenvalue weighted by Crippen LogP contribution is 2.39. The van der Waals surface area contributed by atoms with Crippen LogP contribution in [0.5, 0.6) is 0 Å². The second-order valence-electron chi connectivity index (χ2n) is 13.3. The molecule has 3 amide bonds. The molecule has 310 valence electrons. The number of aliphatic carboxylic acids is 1. The number of benzene rings is 1. The van der Waals surface area contributed by atoms with Gasteiger partial charge in [-0.2, -0.15) is 0 Å². The molecule has 2 aromatic rings. The summed E-state index contributed by atoms with van der Waals surface area (Å²) in [7, 11) is 2.25. The minimum absolute atomic E-state index is 0.0308. The van der Waals surface area contributed by atoms with Crippen LogP contribution in [0, 0.1) is 0 Å². The fourth-order valence-corrected chi connectivity index (χ4v) is 7.72. The predicted molar refractivity (Wildman–Crippen MR) is 230 cm³/mol. The van der Waals surface area contributed by atoms with E-state index in [0.29, 0.717) is 17.7 Å². The van der Waals surface area contributed by atoms with E-state index < -0.39 is 59.8 Å². The molecule has 1 aromatic heterocycles. The summed E-state index contributed by atoms with van der Waals surface area (Å²) in [6, 6.07) is 7.09. The third-order valence-electron chi connectivity index (χ3n) is 8.10. The molecule has 14 heteroatoms. The molecule has 0 saturated carbocycles.